The summed E-state index contributed by atoms with van der Waals surface area (Å²) in [4.78, 5) is 37.9. The van der Waals surface area contributed by atoms with Gasteiger partial charge in [0, 0.05) is 31.4 Å². The van der Waals surface area contributed by atoms with Crippen LogP contribution in [0.15, 0.2) is 53.2 Å². The molecule has 1 aliphatic rings. The van der Waals surface area contributed by atoms with Gasteiger partial charge < -0.3 is 19.1 Å². The van der Waals surface area contributed by atoms with Crippen molar-refractivity contribution in [2.24, 2.45) is 0 Å². The molecule has 0 bridgehead atoms. The highest BCUT2D eigenvalue weighted by atomic mass is 16.5. The van der Waals surface area contributed by atoms with E-state index in [0.29, 0.717) is 48.4 Å². The normalized spacial score (nSPS) is 15.7. The Morgan fingerprint density at radius 2 is 1.94 bits per heavy atom. The topological polar surface area (TPSA) is 102 Å². The van der Waals surface area contributed by atoms with E-state index in [0.717, 1.165) is 19.3 Å². The van der Waals surface area contributed by atoms with E-state index in [9.17, 15) is 9.59 Å². The van der Waals surface area contributed by atoms with Gasteiger partial charge in [0.15, 0.2) is 6.61 Å². The predicted octanol–water partition coefficient (Wildman–Crippen LogP) is 3.75. The van der Waals surface area contributed by atoms with Crippen molar-refractivity contribution >= 4 is 11.8 Å². The van der Waals surface area contributed by atoms with Crippen molar-refractivity contribution in [1.29, 1.82) is 0 Å². The number of aromatic nitrogens is 3. The van der Waals surface area contributed by atoms with Crippen molar-refractivity contribution in [3.05, 3.63) is 60.2 Å². The van der Waals surface area contributed by atoms with E-state index >= 15 is 0 Å². The van der Waals surface area contributed by atoms with Gasteiger partial charge in [-0.05, 0) is 57.4 Å². The predicted molar refractivity (Wildman–Crippen MR) is 125 cm³/mol. The molecule has 0 N–H and O–H groups in total. The molecule has 1 aliphatic heterocycles. The summed E-state index contributed by atoms with van der Waals surface area (Å²) in [7, 11) is 0. The highest BCUT2D eigenvalue weighted by molar-refractivity contribution is 5.93. The Balaban J connectivity index is 1.49. The van der Waals surface area contributed by atoms with Crippen molar-refractivity contribution in [3.8, 4) is 17.1 Å². The molecule has 0 radical (unpaired) electrons. The van der Waals surface area contributed by atoms with Gasteiger partial charge in [0.1, 0.15) is 17.5 Å². The average Bonchev–Trinajstić information content (AvgIpc) is 3.39. The number of hydrogen-bond acceptors (Lipinski definition) is 7. The number of amides is 2. The fourth-order valence-corrected chi connectivity index (χ4v) is 4.08. The minimum Gasteiger partial charge on any atom is -0.484 e. The van der Waals surface area contributed by atoms with E-state index in [-0.39, 0.29) is 24.5 Å². The Hall–Kier alpha value is -3.75. The molecule has 3 heterocycles. The first kappa shape index (κ1) is 23.4. The summed E-state index contributed by atoms with van der Waals surface area (Å²) in [5.74, 6) is 1.14. The number of carbonyl (C=O) groups is 2. The van der Waals surface area contributed by atoms with E-state index in [2.05, 4.69) is 15.1 Å². The van der Waals surface area contributed by atoms with Gasteiger partial charge >= 0.3 is 0 Å². The van der Waals surface area contributed by atoms with Crippen LogP contribution in [-0.2, 0) is 4.79 Å². The lowest BCUT2D eigenvalue weighted by Crippen LogP contribution is -2.41. The fraction of sp³-hybridized carbons (Fsp3) is 0.400. The van der Waals surface area contributed by atoms with Crippen LogP contribution in [0, 0.1) is 0 Å². The quantitative estimate of drug-likeness (QED) is 0.501. The van der Waals surface area contributed by atoms with Gasteiger partial charge in [0.05, 0.1) is 0 Å². The van der Waals surface area contributed by atoms with Crippen molar-refractivity contribution in [2.75, 3.05) is 26.2 Å². The van der Waals surface area contributed by atoms with Crippen LogP contribution >= 0.6 is 0 Å². The number of benzene rings is 1. The number of para-hydroxylation sites is 1. The van der Waals surface area contributed by atoms with Crippen LogP contribution in [0.1, 0.15) is 55.5 Å². The van der Waals surface area contributed by atoms with Gasteiger partial charge in [-0.1, -0.05) is 23.4 Å². The monoisotopic (exact) mass is 463 g/mol. The van der Waals surface area contributed by atoms with Crippen molar-refractivity contribution in [3.63, 3.8) is 0 Å². The zero-order valence-corrected chi connectivity index (χ0v) is 19.5. The van der Waals surface area contributed by atoms with Gasteiger partial charge in [-0.15, -0.1) is 0 Å². The van der Waals surface area contributed by atoms with Gasteiger partial charge in [-0.2, -0.15) is 4.98 Å². The summed E-state index contributed by atoms with van der Waals surface area (Å²) in [6.07, 6.45) is 4.18. The van der Waals surface area contributed by atoms with Crippen LogP contribution < -0.4 is 4.74 Å². The molecular weight excluding hydrogens is 434 g/mol. The number of carbonyl (C=O) groups excluding carboxylic acids is 2. The number of ether oxygens (including phenoxy) is 1. The largest absolute Gasteiger partial charge is 0.484 e. The Morgan fingerprint density at radius 1 is 1.15 bits per heavy atom. The second-order valence-corrected chi connectivity index (χ2v) is 8.06. The van der Waals surface area contributed by atoms with Crippen molar-refractivity contribution in [2.45, 2.75) is 39.2 Å². The SMILES string of the molecule is CCN(CC)C(=O)c1cc(-c2noc([C@H]3CCCCN3C(=O)COc3ccccc3)n2)ccn1. The molecule has 2 amide bonds. The van der Waals surface area contributed by atoms with E-state index in [1.807, 2.05) is 44.2 Å². The molecule has 0 saturated carbocycles. The maximum Gasteiger partial charge on any atom is 0.272 e. The van der Waals surface area contributed by atoms with Gasteiger partial charge in [0.2, 0.25) is 11.7 Å². The Kier molecular flexibility index (Phi) is 7.51. The Labute approximate surface area is 198 Å². The number of piperidine rings is 1. The van der Waals surface area contributed by atoms with Crippen LogP contribution in [0.2, 0.25) is 0 Å². The molecule has 178 valence electrons. The molecule has 2 aromatic heterocycles. The van der Waals surface area contributed by atoms with Gasteiger partial charge in [0.25, 0.3) is 11.8 Å². The molecule has 1 aromatic carbocycles. The molecule has 1 fully saturated rings. The highest BCUT2D eigenvalue weighted by Crippen LogP contribution is 2.31. The minimum absolute atomic E-state index is 0.0529. The van der Waals surface area contributed by atoms with E-state index < -0.39 is 0 Å². The minimum atomic E-state index is -0.305. The third-order valence-corrected chi connectivity index (χ3v) is 5.94. The molecule has 34 heavy (non-hydrogen) atoms. The molecule has 0 unspecified atom stereocenters. The first-order valence-corrected chi connectivity index (χ1v) is 11.7. The summed E-state index contributed by atoms with van der Waals surface area (Å²) < 4.78 is 11.2. The van der Waals surface area contributed by atoms with Crippen molar-refractivity contribution < 1.29 is 18.8 Å². The Bertz CT molecular complexity index is 1110. The molecule has 9 nitrogen and oxygen atoms in total. The third-order valence-electron chi connectivity index (χ3n) is 5.94. The van der Waals surface area contributed by atoms with Crippen LogP contribution in [-0.4, -0.2) is 63.0 Å². The van der Waals surface area contributed by atoms with Crippen LogP contribution in [0.4, 0.5) is 0 Å². The van der Waals surface area contributed by atoms with E-state index in [4.69, 9.17) is 9.26 Å². The zero-order chi connectivity index (χ0) is 23.9. The number of hydrogen-bond donors (Lipinski definition) is 0. The molecule has 9 heteroatoms. The molecule has 0 spiro atoms. The second-order valence-electron chi connectivity index (χ2n) is 8.06. The lowest BCUT2D eigenvalue weighted by Gasteiger charge is -2.33. The second kappa shape index (κ2) is 10.9. The lowest BCUT2D eigenvalue weighted by molar-refractivity contribution is -0.138. The maximum atomic E-state index is 12.9. The summed E-state index contributed by atoms with van der Waals surface area (Å²) >= 11 is 0. The van der Waals surface area contributed by atoms with E-state index in [1.165, 1.54) is 0 Å². The molecule has 4 rings (SSSR count). The Morgan fingerprint density at radius 3 is 2.71 bits per heavy atom. The van der Waals surface area contributed by atoms with Gasteiger partial charge in [-0.25, -0.2) is 0 Å². The highest BCUT2D eigenvalue weighted by Gasteiger charge is 2.32. The fourth-order valence-electron chi connectivity index (χ4n) is 4.08. The molecular formula is C25H29N5O4. The summed E-state index contributed by atoms with van der Waals surface area (Å²) in [5, 5.41) is 4.13. The smallest absolute Gasteiger partial charge is 0.272 e. The van der Waals surface area contributed by atoms with Crippen LogP contribution in [0.25, 0.3) is 11.4 Å². The van der Waals surface area contributed by atoms with E-state index in [1.54, 1.807) is 28.1 Å². The first-order chi connectivity index (χ1) is 16.6. The molecule has 1 saturated heterocycles. The zero-order valence-electron chi connectivity index (χ0n) is 19.5. The summed E-state index contributed by atoms with van der Waals surface area (Å²) in [6.45, 7) is 5.62. The maximum absolute atomic E-state index is 12.9. The average molecular weight is 464 g/mol. The van der Waals surface area contributed by atoms with Crippen molar-refractivity contribution in [1.82, 2.24) is 24.9 Å². The van der Waals surface area contributed by atoms with Crippen LogP contribution in [0.5, 0.6) is 5.75 Å². The van der Waals surface area contributed by atoms with Gasteiger partial charge in [-0.3, -0.25) is 14.6 Å². The third kappa shape index (κ3) is 5.24. The first-order valence-electron chi connectivity index (χ1n) is 11.7. The number of nitrogens with zero attached hydrogens (tertiary/aromatic N) is 5. The number of pyridine rings is 1. The number of rotatable bonds is 8. The lowest BCUT2D eigenvalue weighted by atomic mass is 10.0. The molecule has 1 atom stereocenters. The summed E-state index contributed by atoms with van der Waals surface area (Å²) in [6, 6.07) is 12.4. The number of likely N-dealkylation sites (tertiary alicyclic amines) is 1. The standard InChI is InChI=1S/C25H29N5O4/c1-3-29(4-2)25(32)20-16-18(13-14-26-20)23-27-24(34-28-23)21-12-8-9-15-30(21)22(31)17-33-19-10-6-5-7-11-19/h5-7,10-11,13-14,16,21H,3-4,8-9,12,15,17H2,1-2H3/t21-/m1/s1. The molecule has 0 aliphatic carbocycles. The summed E-state index contributed by atoms with van der Waals surface area (Å²) in [5.41, 5.74) is 0.974. The molecule has 3 aromatic rings. The van der Waals surface area contributed by atoms with Crippen LogP contribution in [0.3, 0.4) is 0 Å².